The summed E-state index contributed by atoms with van der Waals surface area (Å²) in [5.74, 6) is 0.510. The minimum absolute atomic E-state index is 0.0865. The van der Waals surface area contributed by atoms with Crippen LogP contribution in [0.1, 0.15) is 104 Å². The van der Waals surface area contributed by atoms with Gasteiger partial charge in [-0.05, 0) is 13.3 Å². The maximum absolute atomic E-state index is 11.6. The van der Waals surface area contributed by atoms with Crippen molar-refractivity contribution in [3.8, 4) is 0 Å². The Morgan fingerprint density at radius 1 is 0.906 bits per heavy atom. The van der Waals surface area contributed by atoms with E-state index in [0.29, 0.717) is 19.6 Å². The fourth-order valence-electron chi connectivity index (χ4n) is 3.96. The Hall–Kier alpha value is -1.96. The van der Waals surface area contributed by atoms with Crippen LogP contribution >= 0.6 is 0 Å². The van der Waals surface area contributed by atoms with Crippen molar-refractivity contribution in [2.24, 2.45) is 0 Å². The number of aromatic nitrogens is 2. The van der Waals surface area contributed by atoms with Gasteiger partial charge in [0.2, 0.25) is 11.6 Å². The number of nitro groups is 1. The number of rotatable bonds is 21. The van der Waals surface area contributed by atoms with Crippen LogP contribution in [0, 0.1) is 10.1 Å². The number of likely N-dealkylation sites (N-methyl/N-ethyl adjacent to an activating group) is 1. The van der Waals surface area contributed by atoms with E-state index in [1.165, 1.54) is 83.4 Å². The van der Waals surface area contributed by atoms with Crippen LogP contribution in [0.5, 0.6) is 0 Å². The molecule has 1 heterocycles. The molecule has 0 aromatic carbocycles. The van der Waals surface area contributed by atoms with Crippen LogP contribution in [0.15, 0.2) is 6.33 Å². The molecule has 8 heteroatoms. The van der Waals surface area contributed by atoms with Gasteiger partial charge in [-0.1, -0.05) is 90.4 Å². The molecule has 1 rings (SSSR count). The first-order valence-corrected chi connectivity index (χ1v) is 12.7. The highest BCUT2D eigenvalue weighted by Gasteiger charge is 2.26. The van der Waals surface area contributed by atoms with Gasteiger partial charge < -0.3 is 15.3 Å². The van der Waals surface area contributed by atoms with Gasteiger partial charge in [-0.2, -0.15) is 0 Å². The molecule has 0 amide bonds. The molecule has 32 heavy (non-hydrogen) atoms. The Morgan fingerprint density at radius 3 is 1.91 bits per heavy atom. The molecule has 2 N–H and O–H groups in total. The highest BCUT2D eigenvalue weighted by atomic mass is 16.6. The lowest BCUT2D eigenvalue weighted by molar-refractivity contribution is -0.383. The molecular formula is C24H45N5O3. The molecular weight excluding hydrogens is 406 g/mol. The number of unbranched alkanes of at least 4 members (excludes halogenated alkanes) is 13. The van der Waals surface area contributed by atoms with Crippen molar-refractivity contribution in [3.05, 3.63) is 16.4 Å². The molecule has 8 nitrogen and oxygen atoms in total. The number of hydrogen-bond acceptors (Lipinski definition) is 7. The second-order valence-corrected chi connectivity index (χ2v) is 8.48. The number of nitrogens with zero attached hydrogens (tertiary/aromatic N) is 4. The lowest BCUT2D eigenvalue weighted by Gasteiger charge is -2.20. The molecule has 0 radical (unpaired) electrons. The Labute approximate surface area is 194 Å². The third kappa shape index (κ3) is 11.6. The second kappa shape index (κ2) is 18.6. The SMILES string of the molecule is CCCCCCCCCCCCCCCCNc1ncnc(N(CC)CCO)c1[N+](=O)[O-]. The Morgan fingerprint density at radius 2 is 1.44 bits per heavy atom. The molecule has 0 saturated carbocycles. The first-order chi connectivity index (χ1) is 15.7. The molecule has 0 aliphatic rings. The molecule has 1 aromatic rings. The zero-order valence-corrected chi connectivity index (χ0v) is 20.4. The normalized spacial score (nSPS) is 11.0. The van der Waals surface area contributed by atoms with E-state index in [9.17, 15) is 15.2 Å². The van der Waals surface area contributed by atoms with E-state index in [0.717, 1.165) is 12.8 Å². The Balaban J connectivity index is 2.20. The summed E-state index contributed by atoms with van der Waals surface area (Å²) in [4.78, 5) is 21.1. The predicted molar refractivity (Wildman–Crippen MR) is 132 cm³/mol. The maximum atomic E-state index is 11.6. The van der Waals surface area contributed by atoms with Gasteiger partial charge in [0.05, 0.1) is 11.5 Å². The summed E-state index contributed by atoms with van der Waals surface area (Å²) < 4.78 is 0. The van der Waals surface area contributed by atoms with Crippen LogP contribution in [0.2, 0.25) is 0 Å². The minimum Gasteiger partial charge on any atom is -0.395 e. The fraction of sp³-hybridized carbons (Fsp3) is 0.833. The van der Waals surface area contributed by atoms with Gasteiger partial charge in [0, 0.05) is 19.6 Å². The summed E-state index contributed by atoms with van der Waals surface area (Å²) in [6.07, 6.45) is 19.6. The lowest BCUT2D eigenvalue weighted by atomic mass is 10.0. The monoisotopic (exact) mass is 451 g/mol. The summed E-state index contributed by atoms with van der Waals surface area (Å²) in [7, 11) is 0. The molecule has 184 valence electrons. The molecule has 0 spiro atoms. The van der Waals surface area contributed by atoms with Crippen LogP contribution in [-0.2, 0) is 0 Å². The smallest absolute Gasteiger partial charge is 0.353 e. The maximum Gasteiger partial charge on any atom is 0.353 e. The molecule has 1 aromatic heterocycles. The highest BCUT2D eigenvalue weighted by molar-refractivity contribution is 5.70. The minimum atomic E-state index is -0.442. The van der Waals surface area contributed by atoms with E-state index in [1.807, 2.05) is 6.92 Å². The van der Waals surface area contributed by atoms with Gasteiger partial charge in [0.25, 0.3) is 0 Å². The van der Waals surface area contributed by atoms with E-state index >= 15 is 0 Å². The van der Waals surface area contributed by atoms with Gasteiger partial charge in [-0.15, -0.1) is 0 Å². The largest absolute Gasteiger partial charge is 0.395 e. The van der Waals surface area contributed by atoms with Gasteiger partial charge in [-0.25, -0.2) is 9.97 Å². The number of aliphatic hydroxyl groups excluding tert-OH is 1. The van der Waals surface area contributed by atoms with E-state index < -0.39 is 4.92 Å². The summed E-state index contributed by atoms with van der Waals surface area (Å²) in [6, 6.07) is 0. The van der Waals surface area contributed by atoms with Crippen LogP contribution in [0.3, 0.4) is 0 Å². The lowest BCUT2D eigenvalue weighted by Crippen LogP contribution is -2.28. The molecule has 0 bridgehead atoms. The summed E-state index contributed by atoms with van der Waals surface area (Å²) in [5.41, 5.74) is -0.117. The van der Waals surface area contributed by atoms with E-state index in [-0.39, 0.29) is 23.9 Å². The van der Waals surface area contributed by atoms with Crippen LogP contribution in [0.4, 0.5) is 17.3 Å². The van der Waals surface area contributed by atoms with Crippen molar-refractivity contribution in [2.75, 3.05) is 36.5 Å². The van der Waals surface area contributed by atoms with Crippen LogP contribution < -0.4 is 10.2 Å². The second-order valence-electron chi connectivity index (χ2n) is 8.48. The molecule has 0 saturated heterocycles. The fourth-order valence-corrected chi connectivity index (χ4v) is 3.96. The number of nitrogens with one attached hydrogen (secondary N) is 1. The Bertz CT molecular complexity index is 615. The Kier molecular flexibility index (Phi) is 16.3. The summed E-state index contributed by atoms with van der Waals surface area (Å²) >= 11 is 0. The quantitative estimate of drug-likeness (QED) is 0.132. The summed E-state index contributed by atoms with van der Waals surface area (Å²) in [5, 5.41) is 24.0. The van der Waals surface area contributed by atoms with E-state index in [2.05, 4.69) is 22.2 Å². The average Bonchev–Trinajstić information content (AvgIpc) is 2.79. The molecule has 0 fully saturated rings. The van der Waals surface area contributed by atoms with Crippen molar-refractivity contribution in [3.63, 3.8) is 0 Å². The summed E-state index contributed by atoms with van der Waals surface area (Å²) in [6.45, 7) is 5.53. The number of anilines is 2. The van der Waals surface area contributed by atoms with Crippen LogP contribution in [-0.4, -0.2) is 46.2 Å². The van der Waals surface area contributed by atoms with Crippen LogP contribution in [0.25, 0.3) is 0 Å². The first kappa shape index (κ1) is 28.1. The van der Waals surface area contributed by atoms with Crippen molar-refractivity contribution in [2.45, 2.75) is 104 Å². The average molecular weight is 452 g/mol. The zero-order valence-electron chi connectivity index (χ0n) is 20.4. The molecule has 0 atom stereocenters. The third-order valence-corrected chi connectivity index (χ3v) is 5.86. The third-order valence-electron chi connectivity index (χ3n) is 5.86. The highest BCUT2D eigenvalue weighted by Crippen LogP contribution is 2.31. The van der Waals surface area contributed by atoms with Crippen molar-refractivity contribution in [1.29, 1.82) is 0 Å². The molecule has 0 unspecified atom stereocenters. The predicted octanol–water partition coefficient (Wildman–Crippen LogP) is 6.10. The molecule has 0 aliphatic carbocycles. The van der Waals surface area contributed by atoms with Crippen molar-refractivity contribution in [1.82, 2.24) is 9.97 Å². The number of hydrogen-bond donors (Lipinski definition) is 2. The van der Waals surface area contributed by atoms with Crippen molar-refractivity contribution < 1.29 is 10.0 Å². The van der Waals surface area contributed by atoms with E-state index in [1.54, 1.807) is 4.90 Å². The van der Waals surface area contributed by atoms with Crippen molar-refractivity contribution >= 4 is 17.3 Å². The zero-order chi connectivity index (χ0) is 23.4. The van der Waals surface area contributed by atoms with Gasteiger partial charge in [0.1, 0.15) is 6.33 Å². The van der Waals surface area contributed by atoms with Gasteiger partial charge in [-0.3, -0.25) is 10.1 Å². The topological polar surface area (TPSA) is 104 Å². The standard InChI is InChI=1S/C24H45N5O3/c1-3-5-6-7-8-9-10-11-12-13-14-15-16-17-18-25-23-22(29(31)32)24(27-21-26-23)28(4-2)19-20-30/h21,30H,3-20H2,1-2H3,(H,25,26,27). The number of aliphatic hydroxyl groups is 1. The molecule has 0 aliphatic heterocycles. The van der Waals surface area contributed by atoms with Gasteiger partial charge in [0.15, 0.2) is 0 Å². The first-order valence-electron chi connectivity index (χ1n) is 12.7. The van der Waals surface area contributed by atoms with E-state index in [4.69, 9.17) is 0 Å². The van der Waals surface area contributed by atoms with Gasteiger partial charge >= 0.3 is 5.69 Å².